The minimum Gasteiger partial charge on any atom is -0.426 e. The number of piperidine rings is 1. The first-order chi connectivity index (χ1) is 17.9. The van der Waals surface area contributed by atoms with Gasteiger partial charge in [0.1, 0.15) is 5.92 Å². The van der Waals surface area contributed by atoms with Gasteiger partial charge in [0.15, 0.2) is 0 Å². The molecule has 208 valence electrons. The molecule has 38 heavy (non-hydrogen) atoms. The second-order valence-corrected chi connectivity index (χ2v) is 11.3. The number of carbonyl (C=O) groups is 2. The topological polar surface area (TPSA) is 117 Å². The second-order valence-electron chi connectivity index (χ2n) is 11.3. The number of alkyl halides is 2. The van der Waals surface area contributed by atoms with E-state index in [4.69, 9.17) is 0 Å². The third-order valence-electron chi connectivity index (χ3n) is 7.83. The summed E-state index contributed by atoms with van der Waals surface area (Å²) in [4.78, 5) is 29.3. The summed E-state index contributed by atoms with van der Waals surface area (Å²) in [5.74, 6) is -5.14. The highest BCUT2D eigenvalue weighted by Crippen LogP contribution is 2.34. The molecule has 11 heteroatoms. The molecule has 1 unspecified atom stereocenters. The first-order valence-corrected chi connectivity index (χ1v) is 13.4. The van der Waals surface area contributed by atoms with E-state index in [1.54, 1.807) is 9.80 Å². The molecule has 2 fully saturated rings. The first-order valence-electron chi connectivity index (χ1n) is 13.4. The van der Waals surface area contributed by atoms with Crippen molar-refractivity contribution in [2.45, 2.75) is 76.2 Å². The molecule has 2 aliphatic heterocycles. The number of rotatable bonds is 11. The van der Waals surface area contributed by atoms with Crippen LogP contribution in [0.2, 0.25) is 0 Å². The van der Waals surface area contributed by atoms with Gasteiger partial charge in [-0.1, -0.05) is 30.3 Å². The molecule has 2 heterocycles. The largest absolute Gasteiger partial charge is 0.475 e. The minimum atomic E-state index is -2.70. The highest BCUT2D eigenvalue weighted by atomic mass is 19.3. The number of carbonyl (C=O) groups excluding carboxylic acids is 2. The molecule has 2 aliphatic rings. The Bertz CT molecular complexity index is 989. The monoisotopic (exact) mass is 532 g/mol. The first kappa shape index (κ1) is 30.0. The van der Waals surface area contributed by atoms with Crippen LogP contribution in [0.1, 0.15) is 57.9 Å². The van der Waals surface area contributed by atoms with Crippen LogP contribution in [0.3, 0.4) is 0 Å². The molecule has 1 aromatic carbocycles. The Kier molecular flexibility index (Phi) is 10.3. The summed E-state index contributed by atoms with van der Waals surface area (Å²) in [7, 11) is -1.71. The van der Waals surface area contributed by atoms with Crippen molar-refractivity contribution in [3.63, 3.8) is 0 Å². The zero-order chi connectivity index (χ0) is 27.9. The van der Waals surface area contributed by atoms with Crippen molar-refractivity contribution in [1.82, 2.24) is 15.1 Å². The van der Waals surface area contributed by atoms with Gasteiger partial charge in [0.05, 0.1) is 18.6 Å². The number of nitrogens with one attached hydrogen (secondary N) is 1. The van der Waals surface area contributed by atoms with Gasteiger partial charge < -0.3 is 20.3 Å². The Balaban J connectivity index is 1.51. The second kappa shape index (κ2) is 13.0. The summed E-state index contributed by atoms with van der Waals surface area (Å²) in [6, 6.07) is 11.3. The van der Waals surface area contributed by atoms with Gasteiger partial charge in [-0.15, -0.1) is 0 Å². The lowest BCUT2D eigenvalue weighted by atomic mass is 9.75. The molecule has 0 spiro atoms. The average molecular weight is 532 g/mol. The lowest BCUT2D eigenvalue weighted by Crippen LogP contribution is -2.49. The molecule has 8 nitrogen and oxygen atoms in total. The zero-order valence-corrected chi connectivity index (χ0v) is 22.3. The normalized spacial score (nSPS) is 21.4. The lowest BCUT2D eigenvalue weighted by molar-refractivity contribution is -0.137. The Hall–Kier alpha value is -2.55. The SMILES string of the molecule is CC(C)(CCC(C#N)C(=O)N1CCC[C@@H](CC(=O)N[C@@H](Cc2ccccc2)B(O)O)C1)N1CCC(F)(F)C1. The van der Waals surface area contributed by atoms with Gasteiger partial charge in [0.25, 0.3) is 5.92 Å². The molecular formula is C27H39BF2N4O4. The van der Waals surface area contributed by atoms with Crippen molar-refractivity contribution >= 4 is 18.9 Å². The van der Waals surface area contributed by atoms with E-state index in [9.17, 15) is 33.7 Å². The van der Waals surface area contributed by atoms with E-state index in [1.807, 2.05) is 44.2 Å². The highest BCUT2D eigenvalue weighted by molar-refractivity contribution is 6.43. The van der Waals surface area contributed by atoms with Crippen LogP contribution in [0.25, 0.3) is 0 Å². The van der Waals surface area contributed by atoms with Crippen molar-refractivity contribution in [2.75, 3.05) is 26.2 Å². The molecule has 1 aromatic rings. The number of likely N-dealkylation sites (tertiary alicyclic amines) is 2. The predicted octanol–water partition coefficient (Wildman–Crippen LogP) is 2.39. The third kappa shape index (κ3) is 8.48. The van der Waals surface area contributed by atoms with E-state index in [0.29, 0.717) is 32.5 Å². The molecule has 3 rings (SSSR count). The van der Waals surface area contributed by atoms with E-state index in [2.05, 4.69) is 11.4 Å². The van der Waals surface area contributed by atoms with Crippen molar-refractivity contribution in [2.24, 2.45) is 11.8 Å². The summed E-state index contributed by atoms with van der Waals surface area (Å²) in [5.41, 5.74) is 0.315. The average Bonchev–Trinajstić information content (AvgIpc) is 3.25. The van der Waals surface area contributed by atoms with Crippen LogP contribution in [-0.2, 0) is 16.0 Å². The fourth-order valence-electron chi connectivity index (χ4n) is 5.43. The molecule has 0 bridgehead atoms. The number of hydrogen-bond acceptors (Lipinski definition) is 6. The smallest absolute Gasteiger partial charge is 0.426 e. The summed E-state index contributed by atoms with van der Waals surface area (Å²) in [6.45, 7) is 4.58. The maximum Gasteiger partial charge on any atom is 0.475 e. The Morgan fingerprint density at radius 1 is 1.26 bits per heavy atom. The Morgan fingerprint density at radius 2 is 1.97 bits per heavy atom. The van der Waals surface area contributed by atoms with Crippen LogP contribution < -0.4 is 5.32 Å². The van der Waals surface area contributed by atoms with E-state index >= 15 is 0 Å². The summed E-state index contributed by atoms with van der Waals surface area (Å²) in [5, 5.41) is 31.9. The fourth-order valence-corrected chi connectivity index (χ4v) is 5.43. The zero-order valence-electron chi connectivity index (χ0n) is 22.3. The van der Waals surface area contributed by atoms with Crippen molar-refractivity contribution in [3.8, 4) is 6.07 Å². The predicted molar refractivity (Wildman–Crippen MR) is 140 cm³/mol. The van der Waals surface area contributed by atoms with Crippen molar-refractivity contribution in [3.05, 3.63) is 35.9 Å². The molecule has 2 saturated heterocycles. The van der Waals surface area contributed by atoms with Gasteiger partial charge in [-0.25, -0.2) is 8.78 Å². The Labute approximate surface area is 224 Å². The van der Waals surface area contributed by atoms with Gasteiger partial charge in [-0.3, -0.25) is 14.5 Å². The molecule has 3 atom stereocenters. The molecular weight excluding hydrogens is 493 g/mol. The Morgan fingerprint density at radius 3 is 2.58 bits per heavy atom. The summed E-state index contributed by atoms with van der Waals surface area (Å²) < 4.78 is 27.4. The number of amides is 2. The standard InChI is InChI=1S/C27H39BF2N4O4/c1-26(2,34-14-12-27(29,30)19-34)11-10-22(17-31)25(36)33-13-6-9-21(18-33)16-24(35)32-23(28(37)38)15-20-7-4-3-5-8-20/h3-5,7-8,21-23,37-38H,6,9-16,18-19H2,1-2H3,(H,32,35)/t21-,22?,23-/m0/s1. The van der Waals surface area contributed by atoms with Crippen molar-refractivity contribution in [1.29, 1.82) is 5.26 Å². The third-order valence-corrected chi connectivity index (χ3v) is 7.83. The van der Waals surface area contributed by atoms with Crippen LogP contribution in [0, 0.1) is 23.2 Å². The molecule has 0 aliphatic carbocycles. The van der Waals surface area contributed by atoms with E-state index < -0.39 is 30.4 Å². The van der Waals surface area contributed by atoms with Crippen LogP contribution in [-0.4, -0.2) is 82.4 Å². The minimum absolute atomic E-state index is 0.108. The number of nitrogens with zero attached hydrogens (tertiary/aromatic N) is 3. The number of hydrogen-bond donors (Lipinski definition) is 3. The maximum absolute atomic E-state index is 13.7. The van der Waals surface area contributed by atoms with Crippen molar-refractivity contribution < 1.29 is 28.4 Å². The quantitative estimate of drug-likeness (QED) is 0.377. The van der Waals surface area contributed by atoms with Gasteiger partial charge in [-0.05, 0) is 57.4 Å². The van der Waals surface area contributed by atoms with Gasteiger partial charge >= 0.3 is 7.12 Å². The molecule has 0 aromatic heterocycles. The van der Waals surface area contributed by atoms with E-state index in [-0.39, 0.29) is 50.0 Å². The van der Waals surface area contributed by atoms with Crippen LogP contribution in [0.4, 0.5) is 8.78 Å². The molecule has 3 N–H and O–H groups in total. The molecule has 0 saturated carbocycles. The molecule has 2 amide bonds. The van der Waals surface area contributed by atoms with Crippen LogP contribution >= 0.6 is 0 Å². The summed E-state index contributed by atoms with van der Waals surface area (Å²) >= 11 is 0. The van der Waals surface area contributed by atoms with E-state index in [0.717, 1.165) is 12.0 Å². The molecule has 0 radical (unpaired) electrons. The van der Waals surface area contributed by atoms with E-state index in [1.165, 1.54) is 0 Å². The summed E-state index contributed by atoms with van der Waals surface area (Å²) in [6.07, 6.45) is 2.40. The lowest BCUT2D eigenvalue weighted by Gasteiger charge is -2.37. The highest BCUT2D eigenvalue weighted by Gasteiger charge is 2.44. The number of nitriles is 1. The number of halogens is 2. The maximum atomic E-state index is 13.7. The van der Waals surface area contributed by atoms with Gasteiger partial charge in [0, 0.05) is 38.0 Å². The van der Waals surface area contributed by atoms with Crippen LogP contribution in [0.15, 0.2) is 30.3 Å². The fraction of sp³-hybridized carbons (Fsp3) is 0.667. The van der Waals surface area contributed by atoms with Crippen LogP contribution in [0.5, 0.6) is 0 Å². The van der Waals surface area contributed by atoms with Gasteiger partial charge in [-0.2, -0.15) is 5.26 Å². The number of benzene rings is 1. The van der Waals surface area contributed by atoms with Gasteiger partial charge in [0.2, 0.25) is 11.8 Å².